The number of rotatable bonds is 4. The average molecular weight is 300 g/mol. The van der Waals surface area contributed by atoms with Gasteiger partial charge in [0, 0.05) is 0 Å². The topological polar surface area (TPSA) is 54.7 Å². The average Bonchev–Trinajstić information content (AvgIpc) is 2.85. The van der Waals surface area contributed by atoms with Gasteiger partial charge in [0.2, 0.25) is 0 Å². The number of nitrogens with two attached hydrogens (primary N) is 1. The van der Waals surface area contributed by atoms with Crippen LogP contribution in [0.4, 0.5) is 0 Å². The third kappa shape index (κ3) is 2.53. The zero-order valence-corrected chi connectivity index (χ0v) is 11.4. The molecule has 86 valence electrons. The Morgan fingerprint density at radius 3 is 3.00 bits per heavy atom. The Morgan fingerprint density at radius 2 is 2.38 bits per heavy atom. The molecule has 1 unspecified atom stereocenters. The summed E-state index contributed by atoms with van der Waals surface area (Å²) in [6.07, 6.45) is 3.88. The molecule has 0 bridgehead atoms. The fourth-order valence-corrected chi connectivity index (χ4v) is 2.91. The second-order valence-electron chi connectivity index (χ2n) is 3.68. The van der Waals surface area contributed by atoms with E-state index in [1.165, 1.54) is 4.88 Å². The number of imidazole rings is 1. The Kier molecular flexibility index (Phi) is 3.78. The lowest BCUT2D eigenvalue weighted by Gasteiger charge is -2.05. The number of hydrogen-bond donors (Lipinski definition) is 2. The summed E-state index contributed by atoms with van der Waals surface area (Å²) >= 11 is 5.13. The van der Waals surface area contributed by atoms with Gasteiger partial charge in [-0.2, -0.15) is 0 Å². The standard InChI is InChI=1S/C11H14BrN3S/c1-2-3-7(13)11-14-6-8(15-11)9-4-5-10(12)16-9/h4-7H,2-3,13H2,1H3,(H,14,15). The summed E-state index contributed by atoms with van der Waals surface area (Å²) in [7, 11) is 0. The zero-order chi connectivity index (χ0) is 11.5. The number of nitrogens with one attached hydrogen (secondary N) is 1. The lowest BCUT2D eigenvalue weighted by atomic mass is 10.2. The number of aromatic nitrogens is 2. The van der Waals surface area contributed by atoms with Crippen molar-refractivity contribution in [1.82, 2.24) is 9.97 Å². The highest BCUT2D eigenvalue weighted by molar-refractivity contribution is 9.11. The van der Waals surface area contributed by atoms with Gasteiger partial charge in [-0.05, 0) is 34.5 Å². The molecule has 0 amide bonds. The molecule has 0 aliphatic rings. The van der Waals surface area contributed by atoms with E-state index in [4.69, 9.17) is 5.73 Å². The molecular weight excluding hydrogens is 286 g/mol. The number of aromatic amines is 1. The fraction of sp³-hybridized carbons (Fsp3) is 0.364. The van der Waals surface area contributed by atoms with E-state index in [9.17, 15) is 0 Å². The highest BCUT2D eigenvalue weighted by Gasteiger charge is 2.10. The maximum absolute atomic E-state index is 6.00. The van der Waals surface area contributed by atoms with Crippen LogP contribution in [0, 0.1) is 0 Å². The number of hydrogen-bond acceptors (Lipinski definition) is 3. The molecule has 0 fully saturated rings. The second kappa shape index (κ2) is 5.12. The van der Waals surface area contributed by atoms with Crippen molar-refractivity contribution >= 4 is 27.3 Å². The summed E-state index contributed by atoms with van der Waals surface area (Å²) in [5.74, 6) is 0.876. The number of thiophene rings is 1. The van der Waals surface area contributed by atoms with E-state index in [0.717, 1.165) is 28.1 Å². The predicted molar refractivity (Wildman–Crippen MR) is 71.4 cm³/mol. The lowest BCUT2D eigenvalue weighted by molar-refractivity contribution is 0.609. The Labute approximate surface area is 107 Å². The molecule has 5 heteroatoms. The molecule has 0 aromatic carbocycles. The van der Waals surface area contributed by atoms with Crippen LogP contribution in [0.2, 0.25) is 0 Å². The smallest absolute Gasteiger partial charge is 0.123 e. The van der Waals surface area contributed by atoms with Crippen molar-refractivity contribution < 1.29 is 0 Å². The summed E-state index contributed by atoms with van der Waals surface area (Å²) in [6, 6.07) is 4.12. The van der Waals surface area contributed by atoms with Crippen molar-refractivity contribution in [1.29, 1.82) is 0 Å². The molecule has 0 saturated heterocycles. The Bertz CT molecular complexity index is 463. The molecule has 2 heterocycles. The van der Waals surface area contributed by atoms with Crippen LogP contribution < -0.4 is 5.73 Å². The van der Waals surface area contributed by atoms with Gasteiger partial charge in [-0.1, -0.05) is 13.3 Å². The van der Waals surface area contributed by atoms with Crippen LogP contribution in [0.25, 0.3) is 10.6 Å². The van der Waals surface area contributed by atoms with Crippen molar-refractivity contribution in [2.75, 3.05) is 0 Å². The normalized spacial score (nSPS) is 12.9. The SMILES string of the molecule is CCCC(N)c1ncc(-c2ccc(Br)s2)[nH]1. The molecule has 3 N–H and O–H groups in total. The van der Waals surface area contributed by atoms with Crippen molar-refractivity contribution in [3.63, 3.8) is 0 Å². The van der Waals surface area contributed by atoms with Crippen LogP contribution in [-0.2, 0) is 0 Å². The third-order valence-electron chi connectivity index (χ3n) is 2.39. The molecule has 1 atom stereocenters. The molecule has 0 radical (unpaired) electrons. The summed E-state index contributed by atoms with van der Waals surface area (Å²) < 4.78 is 1.12. The minimum absolute atomic E-state index is 0.0159. The predicted octanol–water partition coefficient (Wildman–Crippen LogP) is 3.70. The van der Waals surface area contributed by atoms with E-state index >= 15 is 0 Å². The summed E-state index contributed by atoms with van der Waals surface area (Å²) in [6.45, 7) is 2.13. The van der Waals surface area contributed by atoms with Gasteiger partial charge >= 0.3 is 0 Å². The summed E-state index contributed by atoms with van der Waals surface area (Å²) in [5, 5.41) is 0. The first-order valence-electron chi connectivity index (χ1n) is 5.27. The Morgan fingerprint density at radius 1 is 1.56 bits per heavy atom. The maximum Gasteiger partial charge on any atom is 0.123 e. The van der Waals surface area contributed by atoms with Crippen molar-refractivity contribution in [3.8, 4) is 10.6 Å². The van der Waals surface area contributed by atoms with Gasteiger partial charge in [-0.15, -0.1) is 11.3 Å². The first-order chi connectivity index (χ1) is 7.70. The van der Waals surface area contributed by atoms with Crippen molar-refractivity contribution in [2.45, 2.75) is 25.8 Å². The number of halogens is 1. The van der Waals surface area contributed by atoms with E-state index < -0.39 is 0 Å². The minimum atomic E-state index is 0.0159. The zero-order valence-electron chi connectivity index (χ0n) is 9.03. The van der Waals surface area contributed by atoms with Crippen LogP contribution in [0.5, 0.6) is 0 Å². The number of nitrogens with zero attached hydrogens (tertiary/aromatic N) is 1. The highest BCUT2D eigenvalue weighted by Crippen LogP contribution is 2.30. The minimum Gasteiger partial charge on any atom is -0.340 e. The van der Waals surface area contributed by atoms with Crippen LogP contribution in [0.15, 0.2) is 22.1 Å². The highest BCUT2D eigenvalue weighted by atomic mass is 79.9. The van der Waals surface area contributed by atoms with Gasteiger partial charge in [-0.25, -0.2) is 4.98 Å². The number of H-pyrrole nitrogens is 1. The molecule has 16 heavy (non-hydrogen) atoms. The summed E-state index contributed by atoms with van der Waals surface area (Å²) in [5.41, 5.74) is 7.04. The molecule has 2 aromatic rings. The molecule has 3 nitrogen and oxygen atoms in total. The van der Waals surface area contributed by atoms with Crippen LogP contribution in [0.1, 0.15) is 31.6 Å². The third-order valence-corrected chi connectivity index (χ3v) is 4.04. The van der Waals surface area contributed by atoms with Crippen LogP contribution in [0.3, 0.4) is 0 Å². The van der Waals surface area contributed by atoms with E-state index in [2.05, 4.69) is 38.9 Å². The van der Waals surface area contributed by atoms with Crippen molar-refractivity contribution in [2.24, 2.45) is 5.73 Å². The fourth-order valence-electron chi connectivity index (χ4n) is 1.56. The molecule has 2 rings (SSSR count). The Hall–Kier alpha value is -0.650. The van der Waals surface area contributed by atoms with Crippen LogP contribution >= 0.6 is 27.3 Å². The quantitative estimate of drug-likeness (QED) is 0.904. The van der Waals surface area contributed by atoms with E-state index in [-0.39, 0.29) is 6.04 Å². The molecular formula is C11H14BrN3S. The molecule has 2 aromatic heterocycles. The molecule has 0 aliphatic carbocycles. The van der Waals surface area contributed by atoms with Gasteiger partial charge in [0.05, 0.1) is 26.6 Å². The molecule has 0 saturated carbocycles. The van der Waals surface area contributed by atoms with Gasteiger partial charge in [0.25, 0.3) is 0 Å². The maximum atomic E-state index is 6.00. The van der Waals surface area contributed by atoms with E-state index in [0.29, 0.717) is 0 Å². The summed E-state index contributed by atoms with van der Waals surface area (Å²) in [4.78, 5) is 8.79. The first kappa shape index (κ1) is 11.8. The van der Waals surface area contributed by atoms with Gasteiger partial charge in [0.1, 0.15) is 5.82 Å². The van der Waals surface area contributed by atoms with E-state index in [1.54, 1.807) is 11.3 Å². The van der Waals surface area contributed by atoms with Crippen LogP contribution in [-0.4, -0.2) is 9.97 Å². The van der Waals surface area contributed by atoms with Crippen molar-refractivity contribution in [3.05, 3.63) is 27.9 Å². The lowest BCUT2D eigenvalue weighted by Crippen LogP contribution is -2.11. The van der Waals surface area contributed by atoms with Gasteiger partial charge in [0.15, 0.2) is 0 Å². The van der Waals surface area contributed by atoms with E-state index in [1.807, 2.05) is 12.3 Å². The molecule has 0 spiro atoms. The van der Waals surface area contributed by atoms with Gasteiger partial charge < -0.3 is 10.7 Å². The Balaban J connectivity index is 2.19. The second-order valence-corrected chi connectivity index (χ2v) is 6.14. The monoisotopic (exact) mass is 299 g/mol. The largest absolute Gasteiger partial charge is 0.340 e. The first-order valence-corrected chi connectivity index (χ1v) is 6.88. The molecule has 0 aliphatic heterocycles. The van der Waals surface area contributed by atoms with Gasteiger partial charge in [-0.3, -0.25) is 0 Å².